The van der Waals surface area contributed by atoms with Crippen LogP contribution in [0.1, 0.15) is 12.5 Å². The van der Waals surface area contributed by atoms with Gasteiger partial charge in [-0.3, -0.25) is 9.78 Å². The Labute approximate surface area is 82.1 Å². The molecule has 3 nitrogen and oxygen atoms in total. The van der Waals surface area contributed by atoms with Crippen molar-refractivity contribution in [1.29, 1.82) is 0 Å². The van der Waals surface area contributed by atoms with Crippen molar-refractivity contribution in [2.24, 2.45) is 0 Å². The molecule has 1 heterocycles. The molecule has 0 spiro atoms. The second kappa shape index (κ2) is 4.82. The summed E-state index contributed by atoms with van der Waals surface area (Å²) in [5, 5.41) is 2.22. The fourth-order valence-corrected chi connectivity index (χ4v) is 0.908. The number of hydrogen-bond acceptors (Lipinski definition) is 2. The normalized spacial score (nSPS) is 12.2. The zero-order valence-electron chi connectivity index (χ0n) is 7.33. The molecule has 1 rings (SSSR count). The van der Waals surface area contributed by atoms with Crippen LogP contribution in [-0.4, -0.2) is 16.3 Å². The Kier molecular flexibility index (Phi) is 3.71. The first-order valence-corrected chi connectivity index (χ1v) is 4.44. The molecule has 13 heavy (non-hydrogen) atoms. The predicted octanol–water partition coefficient (Wildman–Crippen LogP) is 1.33. The summed E-state index contributed by atoms with van der Waals surface area (Å²) >= 11 is 5.57. The van der Waals surface area contributed by atoms with Gasteiger partial charge in [-0.2, -0.15) is 0 Å². The maximum absolute atomic E-state index is 11.1. The van der Waals surface area contributed by atoms with Crippen molar-refractivity contribution in [1.82, 2.24) is 10.3 Å². The van der Waals surface area contributed by atoms with E-state index in [4.69, 9.17) is 11.6 Å². The summed E-state index contributed by atoms with van der Waals surface area (Å²) in [6.07, 6.45) is 3.37. The number of amides is 1. The van der Waals surface area contributed by atoms with E-state index in [0.717, 1.165) is 5.56 Å². The number of alkyl halides is 1. The van der Waals surface area contributed by atoms with Gasteiger partial charge >= 0.3 is 0 Å². The zero-order chi connectivity index (χ0) is 9.68. The highest BCUT2D eigenvalue weighted by atomic mass is 35.5. The molecule has 1 amide bonds. The molecule has 1 unspecified atom stereocenters. The number of carbonyl (C=O) groups excluding carboxylic acids is 1. The molecule has 0 saturated heterocycles. The molecule has 0 aliphatic heterocycles. The summed E-state index contributed by atoms with van der Waals surface area (Å²) in [6.45, 7) is 2.14. The quantitative estimate of drug-likeness (QED) is 0.745. The summed E-state index contributed by atoms with van der Waals surface area (Å²) in [5.41, 5.74) is 1.01. The van der Waals surface area contributed by atoms with Crippen LogP contribution in [0.2, 0.25) is 0 Å². The van der Waals surface area contributed by atoms with Crippen LogP contribution in [0.5, 0.6) is 0 Å². The molecule has 1 N–H and O–H groups in total. The standard InChI is InChI=1S/C9H11ClN2O/c1-7(10)9(13)12-6-8-2-4-11-5-3-8/h2-5,7H,6H2,1H3,(H,12,13). The van der Waals surface area contributed by atoms with E-state index in [1.165, 1.54) is 0 Å². The van der Waals surface area contributed by atoms with E-state index in [1.54, 1.807) is 19.3 Å². The number of carbonyl (C=O) groups is 1. The first-order chi connectivity index (χ1) is 6.20. The second-order valence-corrected chi connectivity index (χ2v) is 3.34. The van der Waals surface area contributed by atoms with Gasteiger partial charge in [0.05, 0.1) is 0 Å². The van der Waals surface area contributed by atoms with E-state index in [9.17, 15) is 4.79 Å². The second-order valence-electron chi connectivity index (χ2n) is 2.69. The molecule has 0 radical (unpaired) electrons. The van der Waals surface area contributed by atoms with Gasteiger partial charge in [0.25, 0.3) is 0 Å². The van der Waals surface area contributed by atoms with Crippen LogP contribution in [-0.2, 0) is 11.3 Å². The van der Waals surface area contributed by atoms with E-state index < -0.39 is 5.38 Å². The number of halogens is 1. The van der Waals surface area contributed by atoms with E-state index in [1.807, 2.05) is 12.1 Å². The van der Waals surface area contributed by atoms with Crippen LogP contribution < -0.4 is 5.32 Å². The van der Waals surface area contributed by atoms with Gasteiger partial charge < -0.3 is 5.32 Å². The minimum atomic E-state index is -0.484. The number of hydrogen-bond donors (Lipinski definition) is 1. The van der Waals surface area contributed by atoms with E-state index in [0.29, 0.717) is 6.54 Å². The SMILES string of the molecule is CC(Cl)C(=O)NCc1ccncc1. The molecular formula is C9H11ClN2O. The van der Waals surface area contributed by atoms with Crippen LogP contribution in [0.4, 0.5) is 0 Å². The average Bonchev–Trinajstić information content (AvgIpc) is 2.15. The Morgan fingerprint density at radius 1 is 1.62 bits per heavy atom. The molecule has 0 aliphatic rings. The summed E-state index contributed by atoms with van der Waals surface area (Å²) in [7, 11) is 0. The van der Waals surface area contributed by atoms with Crippen LogP contribution in [0.25, 0.3) is 0 Å². The molecule has 4 heteroatoms. The average molecular weight is 199 g/mol. The maximum atomic E-state index is 11.1. The van der Waals surface area contributed by atoms with Crippen LogP contribution in [0, 0.1) is 0 Å². The van der Waals surface area contributed by atoms with Gasteiger partial charge in [-0.05, 0) is 24.6 Å². The van der Waals surface area contributed by atoms with Gasteiger partial charge in [0.2, 0.25) is 5.91 Å². The lowest BCUT2D eigenvalue weighted by Crippen LogP contribution is -2.28. The molecule has 1 atom stereocenters. The fourth-order valence-electron chi connectivity index (χ4n) is 0.830. The summed E-state index contributed by atoms with van der Waals surface area (Å²) in [6, 6.07) is 3.69. The molecule has 0 aromatic carbocycles. The van der Waals surface area contributed by atoms with Gasteiger partial charge in [0.15, 0.2) is 0 Å². The number of nitrogens with zero attached hydrogens (tertiary/aromatic N) is 1. The predicted molar refractivity (Wildman–Crippen MR) is 51.4 cm³/mol. The van der Waals surface area contributed by atoms with Crippen molar-refractivity contribution in [2.45, 2.75) is 18.8 Å². The van der Waals surface area contributed by atoms with Crippen molar-refractivity contribution in [3.05, 3.63) is 30.1 Å². The first kappa shape index (κ1) is 9.99. The monoisotopic (exact) mass is 198 g/mol. The van der Waals surface area contributed by atoms with Crippen molar-refractivity contribution in [2.75, 3.05) is 0 Å². The number of aromatic nitrogens is 1. The van der Waals surface area contributed by atoms with E-state index >= 15 is 0 Å². The van der Waals surface area contributed by atoms with Crippen molar-refractivity contribution >= 4 is 17.5 Å². The minimum Gasteiger partial charge on any atom is -0.351 e. The largest absolute Gasteiger partial charge is 0.351 e. The van der Waals surface area contributed by atoms with Gasteiger partial charge in [-0.15, -0.1) is 11.6 Å². The molecule has 0 bridgehead atoms. The van der Waals surface area contributed by atoms with E-state index in [-0.39, 0.29) is 5.91 Å². The van der Waals surface area contributed by atoms with Crippen LogP contribution in [0.3, 0.4) is 0 Å². The lowest BCUT2D eigenvalue weighted by Gasteiger charge is -2.05. The van der Waals surface area contributed by atoms with Crippen molar-refractivity contribution in [3.8, 4) is 0 Å². The Bertz CT molecular complexity index is 274. The Morgan fingerprint density at radius 2 is 2.23 bits per heavy atom. The maximum Gasteiger partial charge on any atom is 0.238 e. The van der Waals surface area contributed by atoms with Crippen molar-refractivity contribution < 1.29 is 4.79 Å². The Morgan fingerprint density at radius 3 is 2.77 bits per heavy atom. The van der Waals surface area contributed by atoms with Crippen LogP contribution >= 0.6 is 11.6 Å². The Hall–Kier alpha value is -1.09. The molecule has 1 aromatic heterocycles. The van der Waals surface area contributed by atoms with Crippen LogP contribution in [0.15, 0.2) is 24.5 Å². The number of rotatable bonds is 3. The molecular weight excluding hydrogens is 188 g/mol. The summed E-state index contributed by atoms with van der Waals surface area (Å²) in [5.74, 6) is -0.154. The van der Waals surface area contributed by atoms with Gasteiger partial charge in [0, 0.05) is 18.9 Å². The summed E-state index contributed by atoms with van der Waals surface area (Å²) in [4.78, 5) is 14.9. The highest BCUT2D eigenvalue weighted by Crippen LogP contribution is 1.97. The highest BCUT2D eigenvalue weighted by Gasteiger charge is 2.07. The third kappa shape index (κ3) is 3.42. The minimum absolute atomic E-state index is 0.154. The highest BCUT2D eigenvalue weighted by molar-refractivity contribution is 6.30. The molecule has 0 aliphatic carbocycles. The lowest BCUT2D eigenvalue weighted by molar-refractivity contribution is -0.120. The fraction of sp³-hybridized carbons (Fsp3) is 0.333. The third-order valence-corrected chi connectivity index (χ3v) is 1.78. The smallest absolute Gasteiger partial charge is 0.238 e. The lowest BCUT2D eigenvalue weighted by atomic mass is 10.2. The van der Waals surface area contributed by atoms with Gasteiger partial charge in [0.1, 0.15) is 5.38 Å². The molecule has 1 aromatic rings. The van der Waals surface area contributed by atoms with Crippen molar-refractivity contribution in [3.63, 3.8) is 0 Å². The zero-order valence-corrected chi connectivity index (χ0v) is 8.08. The number of pyridine rings is 1. The summed E-state index contributed by atoms with van der Waals surface area (Å²) < 4.78 is 0. The van der Waals surface area contributed by atoms with Gasteiger partial charge in [-0.1, -0.05) is 0 Å². The number of nitrogens with one attached hydrogen (secondary N) is 1. The Balaban J connectivity index is 2.40. The first-order valence-electron chi connectivity index (χ1n) is 4.01. The third-order valence-electron chi connectivity index (χ3n) is 1.58. The molecule has 0 saturated carbocycles. The van der Waals surface area contributed by atoms with Gasteiger partial charge in [-0.25, -0.2) is 0 Å². The molecule has 0 fully saturated rings. The molecule has 70 valence electrons. The topological polar surface area (TPSA) is 42.0 Å². The van der Waals surface area contributed by atoms with E-state index in [2.05, 4.69) is 10.3 Å².